The molecular weight excluding hydrogens is 248 g/mol. The van der Waals surface area contributed by atoms with Gasteiger partial charge in [-0.3, -0.25) is 9.59 Å². The highest BCUT2D eigenvalue weighted by Crippen LogP contribution is 2.23. The smallest absolute Gasteiger partial charge is 0.308 e. The third-order valence-corrected chi connectivity index (χ3v) is 3.06. The number of aromatic nitrogens is 1. The maximum atomic E-state index is 11.8. The molecule has 1 atom stereocenters. The van der Waals surface area contributed by atoms with Crippen molar-refractivity contribution in [2.24, 2.45) is 5.92 Å². The predicted octanol–water partition coefficient (Wildman–Crippen LogP) is 0.913. The molecule has 2 rings (SSSR count). The van der Waals surface area contributed by atoms with Gasteiger partial charge in [0.2, 0.25) is 11.8 Å². The zero-order valence-corrected chi connectivity index (χ0v) is 10.7. The molecule has 0 bridgehead atoms. The molecule has 6 nitrogen and oxygen atoms in total. The van der Waals surface area contributed by atoms with Gasteiger partial charge in [-0.1, -0.05) is 6.07 Å². The van der Waals surface area contributed by atoms with Crippen LogP contribution in [-0.4, -0.2) is 40.0 Å². The number of hydrogen-bond acceptors (Lipinski definition) is 4. The van der Waals surface area contributed by atoms with Crippen LogP contribution in [0.15, 0.2) is 18.3 Å². The molecule has 0 spiro atoms. The zero-order valence-electron chi connectivity index (χ0n) is 10.7. The second-order valence-corrected chi connectivity index (χ2v) is 4.41. The van der Waals surface area contributed by atoms with Gasteiger partial charge in [-0.25, -0.2) is 4.98 Å². The molecule has 6 heteroatoms. The molecule has 0 aromatic carbocycles. The molecular formula is C13H16N2O4. The summed E-state index contributed by atoms with van der Waals surface area (Å²) < 4.78 is 5.39. The van der Waals surface area contributed by atoms with Crippen LogP contribution in [0.3, 0.4) is 0 Å². The van der Waals surface area contributed by atoms with E-state index in [0.717, 1.165) is 5.56 Å². The van der Waals surface area contributed by atoms with E-state index in [9.17, 15) is 9.59 Å². The van der Waals surface area contributed by atoms with Crippen LogP contribution in [0, 0.1) is 5.92 Å². The summed E-state index contributed by atoms with van der Waals surface area (Å²) in [6.45, 7) is 2.94. The summed E-state index contributed by atoms with van der Waals surface area (Å²) in [5.74, 6) is -1.18. The van der Waals surface area contributed by atoms with E-state index in [-0.39, 0.29) is 18.9 Å². The molecule has 1 aromatic rings. The maximum Gasteiger partial charge on any atom is 0.308 e. The Morgan fingerprint density at radius 3 is 3.05 bits per heavy atom. The minimum absolute atomic E-state index is 0.0690. The van der Waals surface area contributed by atoms with Crippen molar-refractivity contribution in [2.45, 2.75) is 19.9 Å². The summed E-state index contributed by atoms with van der Waals surface area (Å²) >= 11 is 0. The number of amides is 1. The summed E-state index contributed by atoms with van der Waals surface area (Å²) in [7, 11) is 0. The van der Waals surface area contributed by atoms with Crippen LogP contribution in [0.25, 0.3) is 0 Å². The van der Waals surface area contributed by atoms with Crippen molar-refractivity contribution >= 4 is 11.9 Å². The predicted molar refractivity (Wildman–Crippen MR) is 66.6 cm³/mol. The monoisotopic (exact) mass is 264 g/mol. The number of ether oxygens (including phenoxy) is 1. The van der Waals surface area contributed by atoms with E-state index in [2.05, 4.69) is 4.98 Å². The van der Waals surface area contributed by atoms with Crippen molar-refractivity contribution in [2.75, 3.05) is 13.2 Å². The molecule has 1 aliphatic rings. The number of carboxylic acids is 1. The summed E-state index contributed by atoms with van der Waals surface area (Å²) in [4.78, 5) is 28.3. The molecule has 19 heavy (non-hydrogen) atoms. The second kappa shape index (κ2) is 5.69. The number of rotatable bonds is 5. The standard InChI is InChI=1S/C13H16N2O4/c1-2-19-12-9(4-3-5-14-12)7-15-8-10(13(17)18)6-11(15)16/h3-5,10H,2,6-8H2,1H3,(H,17,18)/t10-/m0/s1. The maximum absolute atomic E-state index is 11.8. The van der Waals surface area contributed by atoms with Crippen LogP contribution in [-0.2, 0) is 16.1 Å². The molecule has 0 aliphatic carbocycles. The van der Waals surface area contributed by atoms with E-state index in [1.54, 1.807) is 17.2 Å². The van der Waals surface area contributed by atoms with Gasteiger partial charge >= 0.3 is 5.97 Å². The van der Waals surface area contributed by atoms with Crippen molar-refractivity contribution < 1.29 is 19.4 Å². The first-order valence-electron chi connectivity index (χ1n) is 6.19. The molecule has 0 radical (unpaired) electrons. The third kappa shape index (κ3) is 3.01. The van der Waals surface area contributed by atoms with Gasteiger partial charge in [-0.15, -0.1) is 0 Å². The summed E-state index contributed by atoms with van der Waals surface area (Å²) in [5.41, 5.74) is 0.795. The third-order valence-electron chi connectivity index (χ3n) is 3.06. The van der Waals surface area contributed by atoms with E-state index in [1.807, 2.05) is 13.0 Å². The van der Waals surface area contributed by atoms with Crippen LogP contribution in [0.2, 0.25) is 0 Å². The number of carboxylic acid groups (broad SMARTS) is 1. The minimum Gasteiger partial charge on any atom is -0.481 e. The van der Waals surface area contributed by atoms with Gasteiger partial charge in [0.1, 0.15) is 0 Å². The van der Waals surface area contributed by atoms with Gasteiger partial charge in [-0.05, 0) is 13.0 Å². The van der Waals surface area contributed by atoms with Gasteiger partial charge < -0.3 is 14.7 Å². The van der Waals surface area contributed by atoms with Crippen molar-refractivity contribution in [1.29, 1.82) is 0 Å². The number of carbonyl (C=O) groups is 2. The Bertz CT molecular complexity index is 489. The Morgan fingerprint density at radius 2 is 2.42 bits per heavy atom. The van der Waals surface area contributed by atoms with Crippen LogP contribution in [0.1, 0.15) is 18.9 Å². The zero-order chi connectivity index (χ0) is 13.8. The number of aliphatic carboxylic acids is 1. The summed E-state index contributed by atoms with van der Waals surface area (Å²) in [6.07, 6.45) is 1.69. The van der Waals surface area contributed by atoms with Crippen molar-refractivity contribution in [3.63, 3.8) is 0 Å². The molecule has 1 aromatic heterocycles. The van der Waals surface area contributed by atoms with Crippen molar-refractivity contribution in [1.82, 2.24) is 9.88 Å². The molecule has 1 saturated heterocycles. The number of pyridine rings is 1. The molecule has 1 aliphatic heterocycles. The Kier molecular flexibility index (Phi) is 3.99. The van der Waals surface area contributed by atoms with E-state index in [0.29, 0.717) is 19.0 Å². The lowest BCUT2D eigenvalue weighted by Crippen LogP contribution is -2.26. The SMILES string of the molecule is CCOc1ncccc1CN1C[C@@H](C(=O)O)CC1=O. The molecule has 102 valence electrons. The highest BCUT2D eigenvalue weighted by atomic mass is 16.5. The van der Waals surface area contributed by atoms with Gasteiger partial charge in [0.05, 0.1) is 19.1 Å². The second-order valence-electron chi connectivity index (χ2n) is 4.41. The average molecular weight is 264 g/mol. The van der Waals surface area contributed by atoms with E-state index >= 15 is 0 Å². The Morgan fingerprint density at radius 1 is 1.63 bits per heavy atom. The largest absolute Gasteiger partial charge is 0.481 e. The molecule has 1 N–H and O–H groups in total. The Balaban J connectivity index is 2.09. The van der Waals surface area contributed by atoms with Gasteiger partial charge in [0.15, 0.2) is 0 Å². The summed E-state index contributed by atoms with van der Waals surface area (Å²) in [5, 5.41) is 8.94. The van der Waals surface area contributed by atoms with E-state index in [4.69, 9.17) is 9.84 Å². The lowest BCUT2D eigenvalue weighted by Gasteiger charge is -2.17. The first-order valence-corrected chi connectivity index (χ1v) is 6.19. The topological polar surface area (TPSA) is 79.7 Å². The van der Waals surface area contributed by atoms with Crippen LogP contribution < -0.4 is 4.74 Å². The van der Waals surface area contributed by atoms with E-state index < -0.39 is 11.9 Å². The normalized spacial score (nSPS) is 18.7. The van der Waals surface area contributed by atoms with Crippen molar-refractivity contribution in [3.8, 4) is 5.88 Å². The number of hydrogen-bond donors (Lipinski definition) is 1. The molecule has 0 saturated carbocycles. The lowest BCUT2D eigenvalue weighted by atomic mass is 10.1. The number of likely N-dealkylation sites (tertiary alicyclic amines) is 1. The molecule has 0 unspecified atom stereocenters. The van der Waals surface area contributed by atoms with Crippen LogP contribution in [0.4, 0.5) is 0 Å². The quantitative estimate of drug-likeness (QED) is 0.855. The fraction of sp³-hybridized carbons (Fsp3) is 0.462. The number of carbonyl (C=O) groups excluding carboxylic acids is 1. The van der Waals surface area contributed by atoms with Gasteiger partial charge in [0, 0.05) is 24.7 Å². The summed E-state index contributed by atoms with van der Waals surface area (Å²) in [6, 6.07) is 3.60. The molecule has 1 amide bonds. The fourth-order valence-corrected chi connectivity index (χ4v) is 2.11. The first kappa shape index (κ1) is 13.3. The van der Waals surface area contributed by atoms with E-state index in [1.165, 1.54) is 0 Å². The van der Waals surface area contributed by atoms with Gasteiger partial charge in [-0.2, -0.15) is 0 Å². The molecule has 2 heterocycles. The average Bonchev–Trinajstić information content (AvgIpc) is 2.74. The minimum atomic E-state index is -0.924. The fourth-order valence-electron chi connectivity index (χ4n) is 2.11. The Labute approximate surface area is 111 Å². The highest BCUT2D eigenvalue weighted by Gasteiger charge is 2.34. The van der Waals surface area contributed by atoms with Crippen LogP contribution in [0.5, 0.6) is 5.88 Å². The van der Waals surface area contributed by atoms with Gasteiger partial charge in [0.25, 0.3) is 0 Å². The Hall–Kier alpha value is -2.11. The van der Waals surface area contributed by atoms with Crippen LogP contribution >= 0.6 is 0 Å². The van der Waals surface area contributed by atoms with Crippen molar-refractivity contribution in [3.05, 3.63) is 23.9 Å². The highest BCUT2D eigenvalue weighted by molar-refractivity contribution is 5.86. The lowest BCUT2D eigenvalue weighted by molar-refractivity contribution is -0.141. The first-order chi connectivity index (χ1) is 9.11. The molecule has 1 fully saturated rings. The number of nitrogens with zero attached hydrogens (tertiary/aromatic N) is 2.